The van der Waals surface area contributed by atoms with Crippen molar-refractivity contribution in [3.63, 3.8) is 0 Å². The Balaban J connectivity index is 1.99. The fraction of sp³-hybridized carbons (Fsp3) is 0.750. The van der Waals surface area contributed by atoms with Gasteiger partial charge in [0.15, 0.2) is 0 Å². The molecule has 0 radical (unpaired) electrons. The van der Waals surface area contributed by atoms with Crippen molar-refractivity contribution in [1.82, 2.24) is 0 Å². The Labute approximate surface area is 108 Å². The number of esters is 1. The second-order valence-electron chi connectivity index (χ2n) is 4.29. The molecule has 0 N–H and O–H groups in total. The number of ether oxygens (including phenoxy) is 1. The Bertz CT molecular complexity index is 335. The monoisotopic (exact) mass is 302 g/mol. The van der Waals surface area contributed by atoms with Crippen molar-refractivity contribution in [3.8, 4) is 0 Å². The van der Waals surface area contributed by atoms with Crippen LogP contribution in [0.5, 0.6) is 0 Å². The van der Waals surface area contributed by atoms with Crippen LogP contribution < -0.4 is 0 Å². The molecule has 0 aromatic heterocycles. The second kappa shape index (κ2) is 6.31. The van der Waals surface area contributed by atoms with Gasteiger partial charge in [-0.25, -0.2) is 0 Å². The van der Waals surface area contributed by atoms with Crippen LogP contribution in [-0.2, 0) is 9.53 Å². The molecule has 1 fully saturated rings. The standard InChI is InChI=1S/C12H18N2O2Se/c1-2-16-12(15)10-11(17-8-13-10)14-9-6-4-3-5-7-9/h8-10H,2-7H2,1H3. The van der Waals surface area contributed by atoms with Crippen LogP contribution in [0.3, 0.4) is 0 Å². The predicted molar refractivity (Wildman–Crippen MR) is 69.0 cm³/mol. The molecule has 94 valence electrons. The van der Waals surface area contributed by atoms with Crippen molar-refractivity contribution in [2.45, 2.75) is 51.1 Å². The topological polar surface area (TPSA) is 51.0 Å². The maximum absolute atomic E-state index is 11.7. The van der Waals surface area contributed by atoms with Crippen LogP contribution in [0.25, 0.3) is 0 Å². The minimum atomic E-state index is -0.433. The molecule has 0 saturated heterocycles. The minimum absolute atomic E-state index is 0.148. The summed E-state index contributed by atoms with van der Waals surface area (Å²) in [6, 6.07) is -0.0175. The third-order valence-corrected chi connectivity index (χ3v) is 4.68. The van der Waals surface area contributed by atoms with Gasteiger partial charge in [0.1, 0.15) is 0 Å². The van der Waals surface area contributed by atoms with E-state index in [0.29, 0.717) is 12.6 Å². The van der Waals surface area contributed by atoms with E-state index in [1.54, 1.807) is 0 Å². The first-order chi connectivity index (χ1) is 8.31. The van der Waals surface area contributed by atoms with Gasteiger partial charge in [0.25, 0.3) is 0 Å². The second-order valence-corrected chi connectivity index (χ2v) is 6.10. The molecule has 1 aliphatic carbocycles. The Morgan fingerprint density at radius 1 is 1.53 bits per heavy atom. The van der Waals surface area contributed by atoms with Crippen molar-refractivity contribution in [3.05, 3.63) is 0 Å². The van der Waals surface area contributed by atoms with Crippen molar-refractivity contribution in [2.75, 3.05) is 6.61 Å². The Kier molecular flexibility index (Phi) is 4.75. The van der Waals surface area contributed by atoms with Gasteiger partial charge in [-0.05, 0) is 0 Å². The fourth-order valence-electron chi connectivity index (χ4n) is 2.15. The Morgan fingerprint density at radius 3 is 3.00 bits per heavy atom. The molecule has 0 aromatic rings. The number of rotatable bonds is 3. The zero-order valence-corrected chi connectivity index (χ0v) is 11.8. The van der Waals surface area contributed by atoms with Crippen LogP contribution in [0.4, 0.5) is 0 Å². The summed E-state index contributed by atoms with van der Waals surface area (Å²) in [7, 11) is 0. The molecule has 1 atom stereocenters. The molecule has 2 aliphatic rings. The quantitative estimate of drug-likeness (QED) is 0.584. The van der Waals surface area contributed by atoms with Gasteiger partial charge in [0.2, 0.25) is 0 Å². The average Bonchev–Trinajstić information content (AvgIpc) is 2.79. The summed E-state index contributed by atoms with van der Waals surface area (Å²) in [5.41, 5.74) is 0. The first-order valence-electron chi connectivity index (χ1n) is 6.24. The summed E-state index contributed by atoms with van der Waals surface area (Å²) < 4.78 is 5.98. The summed E-state index contributed by atoms with van der Waals surface area (Å²) in [4.78, 5) is 20.6. The third-order valence-electron chi connectivity index (χ3n) is 3.01. The normalized spacial score (nSPS) is 27.6. The summed E-state index contributed by atoms with van der Waals surface area (Å²) >= 11 is 0.148. The SMILES string of the molecule is CCOC(=O)C1N=C[Se]C1=NC1CCCCC1. The van der Waals surface area contributed by atoms with E-state index in [1.165, 1.54) is 19.3 Å². The van der Waals surface area contributed by atoms with Gasteiger partial charge in [-0.1, -0.05) is 0 Å². The van der Waals surface area contributed by atoms with Crippen molar-refractivity contribution in [2.24, 2.45) is 9.98 Å². The number of hydrogen-bond donors (Lipinski definition) is 0. The number of carbonyl (C=O) groups is 1. The summed E-state index contributed by atoms with van der Waals surface area (Å²) in [5, 5.41) is 1.84. The molecule has 17 heavy (non-hydrogen) atoms. The van der Waals surface area contributed by atoms with Gasteiger partial charge >= 0.3 is 108 Å². The molecule has 0 bridgehead atoms. The molecule has 4 nitrogen and oxygen atoms in total. The Morgan fingerprint density at radius 2 is 2.29 bits per heavy atom. The number of carbonyl (C=O) groups excluding carboxylic acids is 1. The van der Waals surface area contributed by atoms with Crippen LogP contribution in [0.15, 0.2) is 9.98 Å². The van der Waals surface area contributed by atoms with E-state index in [1.807, 2.05) is 12.0 Å². The van der Waals surface area contributed by atoms with Gasteiger partial charge in [0.05, 0.1) is 0 Å². The molecule has 1 unspecified atom stereocenters. The average molecular weight is 301 g/mol. The molecule has 5 heteroatoms. The molecule has 1 heterocycles. The van der Waals surface area contributed by atoms with Gasteiger partial charge in [-0.2, -0.15) is 0 Å². The van der Waals surface area contributed by atoms with E-state index < -0.39 is 6.04 Å². The van der Waals surface area contributed by atoms with Gasteiger partial charge in [-0.15, -0.1) is 0 Å². The van der Waals surface area contributed by atoms with E-state index >= 15 is 0 Å². The van der Waals surface area contributed by atoms with Crippen molar-refractivity contribution < 1.29 is 9.53 Å². The number of hydrogen-bond acceptors (Lipinski definition) is 4. The van der Waals surface area contributed by atoms with E-state index in [2.05, 4.69) is 4.99 Å². The molecule has 2 rings (SSSR count). The third kappa shape index (κ3) is 3.39. The van der Waals surface area contributed by atoms with Crippen LogP contribution in [0.2, 0.25) is 0 Å². The zero-order chi connectivity index (χ0) is 12.1. The van der Waals surface area contributed by atoms with Gasteiger partial charge in [0, 0.05) is 0 Å². The molecule has 0 amide bonds. The summed E-state index contributed by atoms with van der Waals surface area (Å²) in [6.07, 6.45) is 6.17. The van der Waals surface area contributed by atoms with E-state index in [0.717, 1.165) is 17.5 Å². The first-order valence-corrected chi connectivity index (χ1v) is 8.08. The number of aliphatic imine (C=N–C) groups is 2. The maximum atomic E-state index is 11.7. The molecule has 0 spiro atoms. The molecular weight excluding hydrogens is 283 g/mol. The van der Waals surface area contributed by atoms with E-state index in [9.17, 15) is 4.79 Å². The van der Waals surface area contributed by atoms with Gasteiger partial charge in [-0.3, -0.25) is 0 Å². The number of nitrogens with zero attached hydrogens (tertiary/aromatic N) is 2. The van der Waals surface area contributed by atoms with Crippen molar-refractivity contribution >= 4 is 30.6 Å². The first kappa shape index (κ1) is 12.8. The van der Waals surface area contributed by atoms with E-state index in [-0.39, 0.29) is 20.9 Å². The van der Waals surface area contributed by atoms with E-state index in [4.69, 9.17) is 9.73 Å². The molecule has 0 aromatic carbocycles. The molecular formula is C12H18N2O2Se. The van der Waals surface area contributed by atoms with Crippen molar-refractivity contribution in [1.29, 1.82) is 0 Å². The summed E-state index contributed by atoms with van der Waals surface area (Å²) in [5.74, 6) is -0.238. The molecule has 1 aliphatic heterocycles. The summed E-state index contributed by atoms with van der Waals surface area (Å²) in [6.45, 7) is 2.23. The van der Waals surface area contributed by atoms with Gasteiger partial charge < -0.3 is 0 Å². The van der Waals surface area contributed by atoms with Crippen LogP contribution in [-0.4, -0.2) is 49.3 Å². The molecule has 1 saturated carbocycles. The van der Waals surface area contributed by atoms with Crippen LogP contribution >= 0.6 is 0 Å². The van der Waals surface area contributed by atoms with Crippen LogP contribution in [0.1, 0.15) is 39.0 Å². The fourth-order valence-corrected chi connectivity index (χ4v) is 3.80. The van der Waals surface area contributed by atoms with Crippen LogP contribution in [0, 0.1) is 0 Å². The predicted octanol–water partition coefficient (Wildman–Crippen LogP) is 1.40. The Hall–Kier alpha value is -0.671. The zero-order valence-electron chi connectivity index (χ0n) is 10.1.